The summed E-state index contributed by atoms with van der Waals surface area (Å²) in [7, 11) is 1.52. The Kier molecular flexibility index (Phi) is 6.45. The van der Waals surface area contributed by atoms with E-state index >= 15 is 0 Å². The highest BCUT2D eigenvalue weighted by Gasteiger charge is 2.18. The van der Waals surface area contributed by atoms with Crippen molar-refractivity contribution in [1.82, 2.24) is 4.98 Å². The van der Waals surface area contributed by atoms with Gasteiger partial charge in [-0.15, -0.1) is 0 Å². The van der Waals surface area contributed by atoms with E-state index in [4.69, 9.17) is 16.2 Å². The Bertz CT molecular complexity index is 800. The lowest BCUT2D eigenvalue weighted by molar-refractivity contribution is -0.108. The van der Waals surface area contributed by atoms with E-state index in [-0.39, 0.29) is 23.7 Å². The lowest BCUT2D eigenvalue weighted by atomic mass is 10.2. The van der Waals surface area contributed by atoms with E-state index in [9.17, 15) is 14.0 Å². The highest BCUT2D eigenvalue weighted by Crippen LogP contribution is 2.26. The number of methoxy groups -OCH3 is 1. The molecule has 0 aliphatic rings. The summed E-state index contributed by atoms with van der Waals surface area (Å²) in [6, 6.07) is 7.13. The van der Waals surface area contributed by atoms with Crippen LogP contribution in [0.25, 0.3) is 0 Å². The maximum Gasteiger partial charge on any atom is 0.252 e. The molecule has 2 aromatic rings. The summed E-state index contributed by atoms with van der Waals surface area (Å²) < 4.78 is 19.4. The first kappa shape index (κ1) is 19.1. The number of carbonyl (C=O) groups is 2. The first-order valence-corrected chi connectivity index (χ1v) is 7.81. The third kappa shape index (κ3) is 4.67. The van der Waals surface area contributed by atoms with Crippen molar-refractivity contribution >= 4 is 29.5 Å². The zero-order valence-corrected chi connectivity index (χ0v) is 14.2. The average Bonchev–Trinajstić information content (AvgIpc) is 2.63. The van der Waals surface area contributed by atoms with E-state index in [1.807, 2.05) is 0 Å². The van der Waals surface area contributed by atoms with E-state index in [2.05, 4.69) is 15.6 Å². The van der Waals surface area contributed by atoms with Gasteiger partial charge in [0.1, 0.15) is 17.9 Å². The van der Waals surface area contributed by atoms with Gasteiger partial charge in [0.2, 0.25) is 0 Å². The second kappa shape index (κ2) is 8.77. The van der Waals surface area contributed by atoms with Crippen molar-refractivity contribution < 1.29 is 18.7 Å². The highest BCUT2D eigenvalue weighted by molar-refractivity contribution is 5.98. The Morgan fingerprint density at radius 1 is 1.38 bits per heavy atom. The van der Waals surface area contributed by atoms with Crippen LogP contribution < -0.4 is 26.8 Å². The van der Waals surface area contributed by atoms with Crippen molar-refractivity contribution in [1.29, 1.82) is 0 Å². The molecule has 1 atom stereocenters. The molecule has 2 rings (SSSR count). The normalized spacial score (nSPS) is 11.5. The lowest BCUT2D eigenvalue weighted by Crippen LogP contribution is -2.26. The summed E-state index contributed by atoms with van der Waals surface area (Å²) in [5, 5.41) is 5.57. The van der Waals surface area contributed by atoms with Crippen LogP contribution in [0.3, 0.4) is 0 Å². The first-order valence-electron chi connectivity index (χ1n) is 7.81. The number of hydrogen-bond acceptors (Lipinski definition) is 7. The molecule has 0 aliphatic carbocycles. The molecule has 0 aliphatic heterocycles. The Balaban J connectivity index is 2.39. The molecule has 1 amide bonds. The fourth-order valence-electron chi connectivity index (χ4n) is 2.24. The molecular formula is C17H20FN5O3. The summed E-state index contributed by atoms with van der Waals surface area (Å²) in [5.74, 6) is -1.21. The monoisotopic (exact) mass is 361 g/mol. The van der Waals surface area contributed by atoms with Gasteiger partial charge in [-0.3, -0.25) is 4.79 Å². The molecule has 0 fully saturated rings. The molecule has 1 aromatic carbocycles. The van der Waals surface area contributed by atoms with Gasteiger partial charge in [-0.25, -0.2) is 9.37 Å². The smallest absolute Gasteiger partial charge is 0.252 e. The summed E-state index contributed by atoms with van der Waals surface area (Å²) in [6.45, 7) is 0.242. The number of aromatic nitrogens is 1. The number of amides is 1. The molecule has 8 nitrogen and oxygen atoms in total. The molecule has 0 saturated carbocycles. The predicted molar refractivity (Wildman–Crippen MR) is 96.1 cm³/mol. The number of ether oxygens (including phenoxy) is 1. The van der Waals surface area contributed by atoms with Gasteiger partial charge in [-0.1, -0.05) is 6.07 Å². The maximum atomic E-state index is 14.3. The number of nitrogens with zero attached hydrogens (tertiary/aromatic N) is 1. The van der Waals surface area contributed by atoms with Crippen LogP contribution in [0, 0.1) is 5.82 Å². The topological polar surface area (TPSA) is 132 Å². The quantitative estimate of drug-likeness (QED) is 0.496. The molecule has 0 radical (unpaired) electrons. The molecule has 0 bridgehead atoms. The van der Waals surface area contributed by atoms with E-state index in [1.165, 1.54) is 7.11 Å². The van der Waals surface area contributed by atoms with Gasteiger partial charge < -0.3 is 31.6 Å². The van der Waals surface area contributed by atoms with Crippen LogP contribution in [0.4, 0.5) is 21.7 Å². The van der Waals surface area contributed by atoms with Crippen molar-refractivity contribution in [2.75, 3.05) is 24.3 Å². The largest absolute Gasteiger partial charge is 0.497 e. The fraction of sp³-hybridized carbons (Fsp3) is 0.235. The Hall–Kier alpha value is -3.20. The van der Waals surface area contributed by atoms with Gasteiger partial charge in [0.05, 0.1) is 18.7 Å². The summed E-state index contributed by atoms with van der Waals surface area (Å²) in [5.41, 5.74) is 11.2. The minimum Gasteiger partial charge on any atom is -0.497 e. The van der Waals surface area contributed by atoms with Crippen LogP contribution >= 0.6 is 0 Å². The molecule has 1 heterocycles. The third-order valence-corrected chi connectivity index (χ3v) is 3.54. The Labute approximate surface area is 149 Å². The number of aldehydes is 1. The van der Waals surface area contributed by atoms with Crippen LogP contribution in [0.15, 0.2) is 30.3 Å². The van der Waals surface area contributed by atoms with Gasteiger partial charge in [0.25, 0.3) is 5.91 Å². The van der Waals surface area contributed by atoms with Gasteiger partial charge in [-0.2, -0.15) is 0 Å². The van der Waals surface area contributed by atoms with Gasteiger partial charge in [-0.05, 0) is 31.2 Å². The number of benzene rings is 1. The van der Waals surface area contributed by atoms with Crippen molar-refractivity contribution in [3.8, 4) is 5.75 Å². The van der Waals surface area contributed by atoms with E-state index in [1.54, 1.807) is 24.3 Å². The standard InChI is InChI=1S/C17H20FN5O3/c1-26-12-4-2-3-10(7-12)21-16-13(15(20)25)8-14(18)17(23-16)22-11(9-24)5-6-19/h2-4,7-9,11H,5-6,19H2,1H3,(H2,20,25)(H2,21,22,23). The van der Waals surface area contributed by atoms with Crippen molar-refractivity contribution in [2.24, 2.45) is 11.5 Å². The molecule has 1 unspecified atom stereocenters. The average molecular weight is 361 g/mol. The Morgan fingerprint density at radius 3 is 2.77 bits per heavy atom. The molecule has 9 heteroatoms. The van der Waals surface area contributed by atoms with Crippen LogP contribution in [0.1, 0.15) is 16.8 Å². The number of nitrogens with one attached hydrogen (secondary N) is 2. The van der Waals surface area contributed by atoms with Crippen LogP contribution in [-0.2, 0) is 4.79 Å². The number of halogens is 1. The predicted octanol–water partition coefficient (Wildman–Crippen LogP) is 1.40. The summed E-state index contributed by atoms with van der Waals surface area (Å²) in [6.07, 6.45) is 0.923. The molecule has 6 N–H and O–H groups in total. The number of carbonyl (C=O) groups excluding carboxylic acids is 2. The van der Waals surface area contributed by atoms with E-state index < -0.39 is 17.8 Å². The second-order valence-electron chi connectivity index (χ2n) is 5.40. The van der Waals surface area contributed by atoms with E-state index in [0.29, 0.717) is 24.1 Å². The zero-order chi connectivity index (χ0) is 19.1. The van der Waals surface area contributed by atoms with E-state index in [0.717, 1.165) is 6.07 Å². The number of rotatable bonds is 9. The van der Waals surface area contributed by atoms with Gasteiger partial charge >= 0.3 is 0 Å². The maximum absolute atomic E-state index is 14.3. The van der Waals surface area contributed by atoms with Crippen LogP contribution in [0.2, 0.25) is 0 Å². The zero-order valence-electron chi connectivity index (χ0n) is 14.2. The minimum absolute atomic E-state index is 0.0482. The second-order valence-corrected chi connectivity index (χ2v) is 5.40. The molecule has 0 saturated heterocycles. The van der Waals surface area contributed by atoms with Crippen LogP contribution in [-0.4, -0.2) is 36.9 Å². The molecule has 1 aromatic heterocycles. The Morgan fingerprint density at radius 2 is 2.15 bits per heavy atom. The molecule has 138 valence electrons. The fourth-order valence-corrected chi connectivity index (χ4v) is 2.24. The lowest BCUT2D eigenvalue weighted by Gasteiger charge is -2.16. The number of pyridine rings is 1. The molecular weight excluding hydrogens is 341 g/mol. The van der Waals surface area contributed by atoms with Crippen LogP contribution in [0.5, 0.6) is 5.75 Å². The molecule has 26 heavy (non-hydrogen) atoms. The highest BCUT2D eigenvalue weighted by atomic mass is 19.1. The van der Waals surface area contributed by atoms with Crippen molar-refractivity contribution in [3.05, 3.63) is 41.7 Å². The third-order valence-electron chi connectivity index (χ3n) is 3.54. The first-order chi connectivity index (χ1) is 12.5. The van der Waals surface area contributed by atoms with Crippen molar-refractivity contribution in [2.45, 2.75) is 12.5 Å². The molecule has 0 spiro atoms. The SMILES string of the molecule is COc1cccc(Nc2nc(NC(C=O)CCN)c(F)cc2C(N)=O)c1. The summed E-state index contributed by atoms with van der Waals surface area (Å²) >= 11 is 0. The van der Waals surface area contributed by atoms with Gasteiger partial charge in [0.15, 0.2) is 11.6 Å². The number of primary amides is 1. The van der Waals surface area contributed by atoms with Gasteiger partial charge in [0, 0.05) is 11.8 Å². The van der Waals surface area contributed by atoms with Crippen molar-refractivity contribution in [3.63, 3.8) is 0 Å². The number of anilines is 3. The number of hydrogen-bond donors (Lipinski definition) is 4. The summed E-state index contributed by atoms with van der Waals surface area (Å²) in [4.78, 5) is 26.8. The number of nitrogens with two attached hydrogens (primary N) is 2. The minimum atomic E-state index is -0.845.